The highest BCUT2D eigenvalue weighted by Gasteiger charge is 2.16. The predicted molar refractivity (Wildman–Crippen MR) is 137 cm³/mol. The summed E-state index contributed by atoms with van der Waals surface area (Å²) < 4.78 is 5.15. The van der Waals surface area contributed by atoms with Crippen molar-refractivity contribution in [2.24, 2.45) is 0 Å². The standard InChI is InChI=1S/C29H24N2O4/c1-19(32)22-9-6-11-24(17-22)30-29(34)27(31-28(33)21-13-15-25(35-2)16-14-21)18-23-10-5-8-20-7-3-4-12-26(20)23/h3-18H,1-2H3,(H,30,34)(H,31,33)/b27-18+. The topological polar surface area (TPSA) is 84.5 Å². The lowest BCUT2D eigenvalue weighted by Gasteiger charge is -2.13. The minimum Gasteiger partial charge on any atom is -0.497 e. The molecule has 0 fully saturated rings. The van der Waals surface area contributed by atoms with E-state index < -0.39 is 11.8 Å². The zero-order valence-corrected chi connectivity index (χ0v) is 19.4. The van der Waals surface area contributed by atoms with E-state index in [1.807, 2.05) is 42.5 Å². The van der Waals surface area contributed by atoms with Gasteiger partial charge >= 0.3 is 0 Å². The first-order valence-electron chi connectivity index (χ1n) is 11.0. The van der Waals surface area contributed by atoms with Gasteiger partial charge in [0.1, 0.15) is 11.4 Å². The van der Waals surface area contributed by atoms with E-state index in [1.165, 1.54) is 6.92 Å². The minimum atomic E-state index is -0.513. The Labute approximate surface area is 203 Å². The second-order valence-electron chi connectivity index (χ2n) is 7.90. The predicted octanol–water partition coefficient (Wildman–Crippen LogP) is 5.46. The summed E-state index contributed by atoms with van der Waals surface area (Å²) in [4.78, 5) is 38.0. The van der Waals surface area contributed by atoms with Gasteiger partial charge in [-0.05, 0) is 65.7 Å². The second-order valence-corrected chi connectivity index (χ2v) is 7.90. The van der Waals surface area contributed by atoms with Gasteiger partial charge in [-0.1, -0.05) is 54.6 Å². The van der Waals surface area contributed by atoms with Gasteiger partial charge in [-0.15, -0.1) is 0 Å². The van der Waals surface area contributed by atoms with Gasteiger partial charge in [0, 0.05) is 16.8 Å². The van der Waals surface area contributed by atoms with Crippen molar-refractivity contribution in [2.75, 3.05) is 12.4 Å². The third-order valence-electron chi connectivity index (χ3n) is 5.50. The van der Waals surface area contributed by atoms with Crippen molar-refractivity contribution in [1.82, 2.24) is 5.32 Å². The average Bonchev–Trinajstić information content (AvgIpc) is 2.88. The van der Waals surface area contributed by atoms with Gasteiger partial charge in [-0.25, -0.2) is 0 Å². The molecule has 0 bridgehead atoms. The Morgan fingerprint density at radius 2 is 1.51 bits per heavy atom. The second kappa shape index (κ2) is 10.5. The summed E-state index contributed by atoms with van der Waals surface area (Å²) in [5.41, 5.74) is 2.15. The molecule has 0 radical (unpaired) electrons. The number of carbonyl (C=O) groups excluding carboxylic acids is 3. The fraction of sp³-hybridized carbons (Fsp3) is 0.0690. The van der Waals surface area contributed by atoms with Gasteiger partial charge < -0.3 is 15.4 Å². The molecular weight excluding hydrogens is 440 g/mol. The maximum atomic E-state index is 13.3. The molecule has 4 rings (SSSR count). The Hall–Kier alpha value is -4.71. The highest BCUT2D eigenvalue weighted by Crippen LogP contribution is 2.21. The van der Waals surface area contributed by atoms with Crippen LogP contribution in [0.15, 0.2) is 96.7 Å². The maximum Gasteiger partial charge on any atom is 0.272 e. The molecule has 35 heavy (non-hydrogen) atoms. The van der Waals surface area contributed by atoms with Crippen LogP contribution >= 0.6 is 0 Å². The Morgan fingerprint density at radius 3 is 2.26 bits per heavy atom. The van der Waals surface area contributed by atoms with E-state index in [-0.39, 0.29) is 11.5 Å². The summed E-state index contributed by atoms with van der Waals surface area (Å²) >= 11 is 0. The number of benzene rings is 4. The maximum absolute atomic E-state index is 13.3. The highest BCUT2D eigenvalue weighted by atomic mass is 16.5. The Bertz CT molecular complexity index is 1430. The molecule has 0 saturated heterocycles. The molecule has 0 spiro atoms. The van der Waals surface area contributed by atoms with E-state index in [4.69, 9.17) is 4.74 Å². The lowest BCUT2D eigenvalue weighted by atomic mass is 10.0. The number of carbonyl (C=O) groups is 3. The van der Waals surface area contributed by atoms with Crippen molar-refractivity contribution in [1.29, 1.82) is 0 Å². The molecule has 174 valence electrons. The summed E-state index contributed by atoms with van der Waals surface area (Å²) in [6.45, 7) is 1.46. The zero-order chi connectivity index (χ0) is 24.8. The fourth-order valence-corrected chi connectivity index (χ4v) is 3.64. The van der Waals surface area contributed by atoms with Crippen molar-refractivity contribution >= 4 is 40.1 Å². The molecule has 0 aliphatic rings. The van der Waals surface area contributed by atoms with Crippen molar-refractivity contribution in [3.05, 3.63) is 113 Å². The number of anilines is 1. The molecule has 0 unspecified atom stereocenters. The number of methoxy groups -OCH3 is 1. The number of ether oxygens (including phenoxy) is 1. The van der Waals surface area contributed by atoms with Crippen LogP contribution in [0, 0.1) is 0 Å². The molecule has 0 heterocycles. The van der Waals surface area contributed by atoms with E-state index >= 15 is 0 Å². The molecular formula is C29H24N2O4. The molecule has 4 aromatic carbocycles. The lowest BCUT2D eigenvalue weighted by Crippen LogP contribution is -2.30. The summed E-state index contributed by atoms with van der Waals surface area (Å²) in [6.07, 6.45) is 1.65. The third kappa shape index (κ3) is 5.62. The lowest BCUT2D eigenvalue weighted by molar-refractivity contribution is -0.113. The van der Waals surface area contributed by atoms with E-state index in [1.54, 1.807) is 61.7 Å². The van der Waals surface area contributed by atoms with Crippen molar-refractivity contribution in [3.8, 4) is 5.75 Å². The largest absolute Gasteiger partial charge is 0.497 e. The molecule has 6 heteroatoms. The Morgan fingerprint density at radius 1 is 0.800 bits per heavy atom. The fourth-order valence-electron chi connectivity index (χ4n) is 3.64. The van der Waals surface area contributed by atoms with Crippen LogP contribution in [-0.4, -0.2) is 24.7 Å². The smallest absolute Gasteiger partial charge is 0.272 e. The number of ketones is 1. The van der Waals surface area contributed by atoms with Gasteiger partial charge in [0.25, 0.3) is 11.8 Å². The quantitative estimate of drug-likeness (QED) is 0.281. The number of nitrogens with one attached hydrogen (secondary N) is 2. The monoisotopic (exact) mass is 464 g/mol. The summed E-state index contributed by atoms with van der Waals surface area (Å²) in [7, 11) is 1.55. The van der Waals surface area contributed by atoms with Crippen LogP contribution in [0.25, 0.3) is 16.8 Å². The SMILES string of the molecule is COc1ccc(C(=O)N/C(=C/c2cccc3ccccc23)C(=O)Nc2cccc(C(C)=O)c2)cc1. The number of amides is 2. The van der Waals surface area contributed by atoms with Crippen molar-refractivity contribution in [3.63, 3.8) is 0 Å². The zero-order valence-electron chi connectivity index (χ0n) is 19.4. The van der Waals surface area contributed by atoms with Crippen LogP contribution in [0.2, 0.25) is 0 Å². The molecule has 0 aromatic heterocycles. The molecule has 0 aliphatic carbocycles. The van der Waals surface area contributed by atoms with E-state index in [9.17, 15) is 14.4 Å². The first-order valence-corrected chi connectivity index (χ1v) is 11.0. The van der Waals surface area contributed by atoms with Crippen molar-refractivity contribution < 1.29 is 19.1 Å². The van der Waals surface area contributed by atoms with Crippen LogP contribution in [0.4, 0.5) is 5.69 Å². The molecule has 6 nitrogen and oxygen atoms in total. The van der Waals surface area contributed by atoms with Gasteiger partial charge in [0.2, 0.25) is 0 Å². The number of hydrogen-bond donors (Lipinski definition) is 2. The third-order valence-corrected chi connectivity index (χ3v) is 5.50. The summed E-state index contributed by atoms with van der Waals surface area (Å²) in [5, 5.41) is 7.48. The number of hydrogen-bond acceptors (Lipinski definition) is 4. The Balaban J connectivity index is 1.70. The van der Waals surface area contributed by atoms with Gasteiger partial charge in [-0.3, -0.25) is 14.4 Å². The molecule has 4 aromatic rings. The van der Waals surface area contributed by atoms with Crippen LogP contribution < -0.4 is 15.4 Å². The van der Waals surface area contributed by atoms with Crippen LogP contribution in [0.5, 0.6) is 5.75 Å². The highest BCUT2D eigenvalue weighted by molar-refractivity contribution is 6.12. The first kappa shape index (κ1) is 23.4. The average molecular weight is 465 g/mol. The minimum absolute atomic E-state index is 0.0652. The van der Waals surface area contributed by atoms with E-state index in [0.29, 0.717) is 22.6 Å². The normalized spacial score (nSPS) is 11.1. The van der Waals surface area contributed by atoms with E-state index in [2.05, 4.69) is 10.6 Å². The first-order chi connectivity index (χ1) is 16.9. The van der Waals surface area contributed by atoms with Gasteiger partial charge in [-0.2, -0.15) is 0 Å². The Kier molecular flexibility index (Phi) is 7.02. The number of Topliss-reactive ketones (excluding diaryl/α,β-unsaturated/α-hetero) is 1. The number of rotatable bonds is 7. The van der Waals surface area contributed by atoms with Crippen LogP contribution in [0.3, 0.4) is 0 Å². The number of fused-ring (bicyclic) bond motifs is 1. The molecule has 0 saturated carbocycles. The summed E-state index contributed by atoms with van der Waals surface area (Å²) in [6, 6.07) is 26.8. The van der Waals surface area contributed by atoms with Gasteiger partial charge in [0.15, 0.2) is 5.78 Å². The van der Waals surface area contributed by atoms with Crippen LogP contribution in [0.1, 0.15) is 33.2 Å². The van der Waals surface area contributed by atoms with E-state index in [0.717, 1.165) is 16.3 Å². The molecule has 0 atom stereocenters. The van der Waals surface area contributed by atoms with Crippen LogP contribution in [-0.2, 0) is 4.79 Å². The van der Waals surface area contributed by atoms with Gasteiger partial charge in [0.05, 0.1) is 7.11 Å². The molecule has 2 N–H and O–H groups in total. The van der Waals surface area contributed by atoms with Crippen molar-refractivity contribution in [2.45, 2.75) is 6.92 Å². The summed E-state index contributed by atoms with van der Waals surface area (Å²) in [5.74, 6) is -0.441. The molecule has 2 amide bonds. The molecule has 0 aliphatic heterocycles.